The molecule has 0 unspecified atom stereocenters. The summed E-state index contributed by atoms with van der Waals surface area (Å²) in [6, 6.07) is 7.16. The summed E-state index contributed by atoms with van der Waals surface area (Å²) in [6.45, 7) is 3.48. The van der Waals surface area contributed by atoms with Gasteiger partial charge in [-0.2, -0.15) is 5.10 Å². The van der Waals surface area contributed by atoms with E-state index in [2.05, 4.69) is 31.3 Å². The number of aromatic amines is 1. The number of hydrogen-bond donors (Lipinski definition) is 2. The summed E-state index contributed by atoms with van der Waals surface area (Å²) in [5, 5.41) is 8.30. The van der Waals surface area contributed by atoms with E-state index in [-0.39, 0.29) is 11.6 Å². The number of carbonyl (C=O) groups excluding carboxylic acids is 1. The Kier molecular flexibility index (Phi) is 4.26. The predicted octanol–water partition coefficient (Wildman–Crippen LogP) is 3.81. The number of anilines is 2. The molecular weight excluding hydrogens is 421 g/mol. The summed E-state index contributed by atoms with van der Waals surface area (Å²) in [6.07, 6.45) is 8.23. The molecule has 2 N–H and O–H groups in total. The standard InChI is InChI=1S/C24H22FN7O/c1-14-10-32-12-16(9-19(25)23(32)27-14)28-24(33)17-3-4-21(18-13-30(2)29-22(17)18)31-8-6-20-15(11-31)5-7-26-20/h3-5,7,9-10,12-13,26H,6,8,11H2,1-2H3,(H,28,33). The van der Waals surface area contributed by atoms with Crippen LogP contribution < -0.4 is 10.2 Å². The summed E-state index contributed by atoms with van der Waals surface area (Å²) in [5.41, 5.74) is 5.95. The molecule has 0 spiro atoms. The average molecular weight is 443 g/mol. The van der Waals surface area contributed by atoms with Gasteiger partial charge in [0, 0.05) is 74.2 Å². The Balaban J connectivity index is 1.35. The van der Waals surface area contributed by atoms with Gasteiger partial charge in [-0.25, -0.2) is 9.37 Å². The molecule has 33 heavy (non-hydrogen) atoms. The van der Waals surface area contributed by atoms with Crippen molar-refractivity contribution >= 4 is 33.8 Å². The fourth-order valence-electron chi connectivity index (χ4n) is 4.67. The molecule has 9 heteroatoms. The van der Waals surface area contributed by atoms with Gasteiger partial charge in [0.15, 0.2) is 11.5 Å². The summed E-state index contributed by atoms with van der Waals surface area (Å²) in [7, 11) is 1.84. The zero-order chi connectivity index (χ0) is 22.7. The number of H-pyrrole nitrogens is 1. The third-order valence-electron chi connectivity index (χ3n) is 6.16. The lowest BCUT2D eigenvalue weighted by atomic mass is 10.0. The molecule has 8 nitrogen and oxygen atoms in total. The monoisotopic (exact) mass is 443 g/mol. The van der Waals surface area contributed by atoms with Gasteiger partial charge in [0.1, 0.15) is 5.52 Å². The van der Waals surface area contributed by atoms with Crippen LogP contribution in [0.15, 0.2) is 49.1 Å². The van der Waals surface area contributed by atoms with E-state index in [1.54, 1.807) is 34.5 Å². The van der Waals surface area contributed by atoms with Crippen LogP contribution in [0.25, 0.3) is 16.6 Å². The zero-order valence-corrected chi connectivity index (χ0v) is 18.3. The van der Waals surface area contributed by atoms with Crippen LogP contribution in [0.5, 0.6) is 0 Å². The Hall–Kier alpha value is -4.14. The number of aromatic nitrogens is 5. The van der Waals surface area contributed by atoms with Crippen LogP contribution in [-0.2, 0) is 20.0 Å². The topological polar surface area (TPSA) is 83.2 Å². The number of nitrogens with zero attached hydrogens (tertiary/aromatic N) is 5. The Morgan fingerprint density at radius 1 is 1.21 bits per heavy atom. The van der Waals surface area contributed by atoms with Gasteiger partial charge in [-0.1, -0.05) is 0 Å². The number of rotatable bonds is 3. The summed E-state index contributed by atoms with van der Waals surface area (Å²) in [5.74, 6) is -0.833. The van der Waals surface area contributed by atoms with E-state index in [0.717, 1.165) is 30.6 Å². The highest BCUT2D eigenvalue weighted by molar-refractivity contribution is 6.13. The van der Waals surface area contributed by atoms with Crippen molar-refractivity contribution < 1.29 is 9.18 Å². The second kappa shape index (κ2) is 7.19. The van der Waals surface area contributed by atoms with Crippen LogP contribution in [-0.4, -0.2) is 36.6 Å². The summed E-state index contributed by atoms with van der Waals surface area (Å²) < 4.78 is 17.7. The van der Waals surface area contributed by atoms with Crippen molar-refractivity contribution in [2.24, 2.45) is 7.05 Å². The van der Waals surface area contributed by atoms with Crippen molar-refractivity contribution in [3.8, 4) is 0 Å². The highest BCUT2D eigenvalue weighted by Crippen LogP contribution is 2.32. The van der Waals surface area contributed by atoms with E-state index < -0.39 is 5.82 Å². The molecule has 1 aromatic carbocycles. The van der Waals surface area contributed by atoms with Crippen molar-refractivity contribution in [2.75, 3.05) is 16.8 Å². The summed E-state index contributed by atoms with van der Waals surface area (Å²) >= 11 is 0. The van der Waals surface area contributed by atoms with Crippen LogP contribution in [0.1, 0.15) is 27.3 Å². The van der Waals surface area contributed by atoms with Gasteiger partial charge in [-0.3, -0.25) is 9.48 Å². The number of nitrogens with one attached hydrogen (secondary N) is 2. The molecule has 166 valence electrons. The largest absolute Gasteiger partial charge is 0.366 e. The predicted molar refractivity (Wildman–Crippen MR) is 124 cm³/mol. The fraction of sp³-hybridized carbons (Fsp3) is 0.208. The highest BCUT2D eigenvalue weighted by Gasteiger charge is 2.22. The van der Waals surface area contributed by atoms with E-state index in [4.69, 9.17) is 0 Å². The molecule has 1 amide bonds. The van der Waals surface area contributed by atoms with Crippen LogP contribution in [0.3, 0.4) is 0 Å². The van der Waals surface area contributed by atoms with E-state index in [1.165, 1.54) is 17.3 Å². The molecular formula is C24H22FN7O. The molecule has 6 rings (SSSR count). The first-order valence-corrected chi connectivity index (χ1v) is 10.8. The van der Waals surface area contributed by atoms with Gasteiger partial charge < -0.3 is 19.6 Å². The molecule has 1 aliphatic rings. The van der Waals surface area contributed by atoms with Crippen molar-refractivity contribution in [3.63, 3.8) is 0 Å². The maximum absolute atomic E-state index is 14.5. The number of halogens is 1. The lowest BCUT2D eigenvalue weighted by Crippen LogP contribution is -2.30. The van der Waals surface area contributed by atoms with E-state index in [9.17, 15) is 9.18 Å². The quantitative estimate of drug-likeness (QED) is 0.444. The number of pyridine rings is 1. The van der Waals surface area contributed by atoms with Gasteiger partial charge in [-0.15, -0.1) is 0 Å². The Bertz CT molecular complexity index is 1540. The number of hydrogen-bond acceptors (Lipinski definition) is 4. The molecule has 0 atom stereocenters. The Morgan fingerprint density at radius 2 is 2.09 bits per heavy atom. The smallest absolute Gasteiger partial charge is 0.257 e. The second-order valence-electron chi connectivity index (χ2n) is 8.49. The maximum atomic E-state index is 14.5. The molecule has 0 fully saturated rings. The number of benzene rings is 1. The number of amides is 1. The molecule has 4 aromatic heterocycles. The molecule has 5 heterocycles. The first-order chi connectivity index (χ1) is 16.0. The summed E-state index contributed by atoms with van der Waals surface area (Å²) in [4.78, 5) is 23.0. The lowest BCUT2D eigenvalue weighted by Gasteiger charge is -2.29. The molecule has 0 aliphatic carbocycles. The molecule has 5 aromatic rings. The lowest BCUT2D eigenvalue weighted by molar-refractivity contribution is 0.102. The van der Waals surface area contributed by atoms with Crippen LogP contribution in [0, 0.1) is 12.7 Å². The fourth-order valence-corrected chi connectivity index (χ4v) is 4.67. The average Bonchev–Trinajstić information content (AvgIpc) is 3.49. The molecule has 1 aliphatic heterocycles. The van der Waals surface area contributed by atoms with Gasteiger partial charge in [-0.05, 0) is 30.7 Å². The van der Waals surface area contributed by atoms with Gasteiger partial charge in [0.2, 0.25) is 0 Å². The third-order valence-corrected chi connectivity index (χ3v) is 6.16. The van der Waals surface area contributed by atoms with Gasteiger partial charge >= 0.3 is 0 Å². The number of aryl methyl sites for hydroxylation is 2. The van der Waals surface area contributed by atoms with E-state index in [0.29, 0.717) is 22.5 Å². The number of carbonyl (C=O) groups is 1. The van der Waals surface area contributed by atoms with Crippen LogP contribution >= 0.6 is 0 Å². The SMILES string of the molecule is Cc1cn2cc(NC(=O)c3ccc(N4CCc5[nH]ccc5C4)c4cn(C)nc34)cc(F)c2n1. The molecule has 0 bridgehead atoms. The zero-order valence-electron chi connectivity index (χ0n) is 18.3. The first-order valence-electron chi connectivity index (χ1n) is 10.8. The van der Waals surface area contributed by atoms with Gasteiger partial charge in [0.05, 0.1) is 16.9 Å². The van der Waals surface area contributed by atoms with Crippen LogP contribution in [0.2, 0.25) is 0 Å². The maximum Gasteiger partial charge on any atom is 0.257 e. The van der Waals surface area contributed by atoms with E-state index >= 15 is 0 Å². The third kappa shape index (κ3) is 3.24. The minimum absolute atomic E-state index is 0.231. The second-order valence-corrected chi connectivity index (χ2v) is 8.49. The van der Waals surface area contributed by atoms with Crippen molar-refractivity contribution in [3.05, 3.63) is 77.4 Å². The van der Waals surface area contributed by atoms with Gasteiger partial charge in [0.25, 0.3) is 5.91 Å². The Morgan fingerprint density at radius 3 is 2.97 bits per heavy atom. The number of fused-ring (bicyclic) bond motifs is 3. The molecule has 0 radical (unpaired) electrons. The van der Waals surface area contributed by atoms with Crippen molar-refractivity contribution in [2.45, 2.75) is 19.9 Å². The number of imidazole rings is 1. The molecule has 0 saturated heterocycles. The van der Waals surface area contributed by atoms with Crippen molar-refractivity contribution in [1.82, 2.24) is 24.1 Å². The first kappa shape index (κ1) is 19.5. The highest BCUT2D eigenvalue weighted by atomic mass is 19.1. The molecule has 0 saturated carbocycles. The van der Waals surface area contributed by atoms with Crippen molar-refractivity contribution in [1.29, 1.82) is 0 Å². The van der Waals surface area contributed by atoms with Crippen LogP contribution in [0.4, 0.5) is 15.8 Å². The van der Waals surface area contributed by atoms with E-state index in [1.807, 2.05) is 25.5 Å². The Labute approximate surface area is 188 Å². The minimum atomic E-state index is -0.492. The minimum Gasteiger partial charge on any atom is -0.366 e. The normalized spacial score (nSPS) is 13.6.